The second-order valence-corrected chi connectivity index (χ2v) is 9.80. The Labute approximate surface area is 197 Å². The number of benzene rings is 1. The highest BCUT2D eigenvalue weighted by Crippen LogP contribution is 2.47. The van der Waals surface area contributed by atoms with Crippen molar-refractivity contribution >= 4 is 23.7 Å². The summed E-state index contributed by atoms with van der Waals surface area (Å²) in [5, 5.41) is 7.17. The molecule has 5 nitrogen and oxygen atoms in total. The summed E-state index contributed by atoms with van der Waals surface area (Å²) >= 11 is 0. The third-order valence-electron chi connectivity index (χ3n) is 6.58. The van der Waals surface area contributed by atoms with Crippen molar-refractivity contribution in [3.8, 4) is 0 Å². The number of nitrogens with zero attached hydrogens (tertiary/aromatic N) is 1. The molecule has 1 heterocycles. The highest BCUT2D eigenvalue weighted by molar-refractivity contribution is 6.12. The molecular weight excluding hydrogens is 412 g/mol. The zero-order valence-electron chi connectivity index (χ0n) is 20.5. The standard InChI is InChI=1S/C28H36N2O3/c1-6-21-26(27(32)33-7-2)24(25-22(30-21)16-28(4,5)17-23(25)31)20-13-11-19(12-14-20)18(3)10-8-9-15-29/h8,10-15,18,24-25,29H,6-7,9,16-17H2,1-5H3/b10-8-,29-15?. The third-order valence-corrected chi connectivity index (χ3v) is 6.58. The first-order chi connectivity index (χ1) is 15.7. The van der Waals surface area contributed by atoms with E-state index in [9.17, 15) is 9.59 Å². The lowest BCUT2D eigenvalue weighted by molar-refractivity contribution is -0.139. The van der Waals surface area contributed by atoms with E-state index < -0.39 is 5.92 Å². The number of rotatable bonds is 8. The van der Waals surface area contributed by atoms with E-state index in [0.717, 1.165) is 29.0 Å². The number of hydrogen-bond donors (Lipinski definition) is 1. The summed E-state index contributed by atoms with van der Waals surface area (Å²) in [6.45, 7) is 10.4. The molecule has 1 saturated carbocycles. The predicted molar refractivity (Wildman–Crippen MR) is 133 cm³/mol. The van der Waals surface area contributed by atoms with Gasteiger partial charge in [0.1, 0.15) is 5.78 Å². The first-order valence-electron chi connectivity index (χ1n) is 12.0. The maximum absolute atomic E-state index is 13.4. The number of aliphatic imine (C=N–C) groups is 1. The smallest absolute Gasteiger partial charge is 0.336 e. The Balaban J connectivity index is 2.07. The molecule has 3 unspecified atom stereocenters. The molecule has 176 valence electrons. The Kier molecular flexibility index (Phi) is 7.83. The van der Waals surface area contributed by atoms with Crippen LogP contribution in [0.15, 0.2) is 52.7 Å². The van der Waals surface area contributed by atoms with Crippen LogP contribution >= 0.6 is 0 Å². The minimum atomic E-state index is -0.413. The lowest BCUT2D eigenvalue weighted by Crippen LogP contribution is -2.44. The number of esters is 1. The summed E-state index contributed by atoms with van der Waals surface area (Å²) in [4.78, 5) is 31.3. The van der Waals surface area contributed by atoms with Crippen molar-refractivity contribution in [2.24, 2.45) is 16.3 Å². The normalized spacial score (nSPS) is 23.2. The van der Waals surface area contributed by atoms with E-state index >= 15 is 0 Å². The SMILES string of the molecule is CCOC(=O)C1=C(CC)N=C2CC(C)(C)CC(=O)C2C1c1ccc(C(C)/C=C\CC=N)cc1. The van der Waals surface area contributed by atoms with Crippen molar-refractivity contribution in [1.29, 1.82) is 5.41 Å². The molecule has 1 N–H and O–H groups in total. The van der Waals surface area contributed by atoms with Crippen molar-refractivity contribution < 1.29 is 14.3 Å². The quantitative estimate of drug-likeness (QED) is 0.294. The molecule has 0 aromatic heterocycles. The van der Waals surface area contributed by atoms with Crippen LogP contribution in [0.4, 0.5) is 0 Å². The fourth-order valence-corrected chi connectivity index (χ4v) is 5.05. The molecule has 0 saturated heterocycles. The van der Waals surface area contributed by atoms with Gasteiger partial charge in [0.2, 0.25) is 0 Å². The second kappa shape index (κ2) is 10.4. The first-order valence-corrected chi connectivity index (χ1v) is 12.0. The Morgan fingerprint density at radius 2 is 1.91 bits per heavy atom. The zero-order valence-corrected chi connectivity index (χ0v) is 20.5. The van der Waals surface area contributed by atoms with Crippen molar-refractivity contribution in [2.75, 3.05) is 6.61 Å². The van der Waals surface area contributed by atoms with Crippen LogP contribution < -0.4 is 0 Å². The van der Waals surface area contributed by atoms with Gasteiger partial charge < -0.3 is 10.1 Å². The molecule has 2 aliphatic rings. The van der Waals surface area contributed by atoms with Crippen molar-refractivity contribution in [3.05, 3.63) is 58.8 Å². The Morgan fingerprint density at radius 1 is 1.21 bits per heavy atom. The van der Waals surface area contributed by atoms with Crippen LogP contribution in [-0.2, 0) is 14.3 Å². The maximum atomic E-state index is 13.4. The van der Waals surface area contributed by atoms with E-state index in [1.807, 2.05) is 25.1 Å². The van der Waals surface area contributed by atoms with Crippen molar-refractivity contribution in [2.45, 2.75) is 72.1 Å². The van der Waals surface area contributed by atoms with E-state index in [0.29, 0.717) is 24.8 Å². The Morgan fingerprint density at radius 3 is 2.52 bits per heavy atom. The van der Waals surface area contributed by atoms with Gasteiger partial charge in [0.25, 0.3) is 0 Å². The number of nitrogens with one attached hydrogen (secondary N) is 1. The van der Waals surface area contributed by atoms with Gasteiger partial charge in [-0.1, -0.05) is 64.1 Å². The summed E-state index contributed by atoms with van der Waals surface area (Å²) in [6.07, 6.45) is 7.95. The van der Waals surface area contributed by atoms with E-state index in [2.05, 4.69) is 39.0 Å². The van der Waals surface area contributed by atoms with Crippen LogP contribution in [-0.4, -0.2) is 30.3 Å². The lowest BCUT2D eigenvalue weighted by atomic mass is 9.63. The molecule has 3 atom stereocenters. The first kappa shape index (κ1) is 24.8. The van der Waals surface area contributed by atoms with Crippen LogP contribution in [0.5, 0.6) is 0 Å². The van der Waals surface area contributed by atoms with Gasteiger partial charge in [-0.15, -0.1) is 0 Å². The van der Waals surface area contributed by atoms with Gasteiger partial charge in [-0.25, -0.2) is 4.79 Å². The molecule has 1 aromatic rings. The molecular formula is C28H36N2O3. The summed E-state index contributed by atoms with van der Waals surface area (Å²) < 4.78 is 5.43. The minimum absolute atomic E-state index is 0.126. The molecule has 5 heteroatoms. The monoisotopic (exact) mass is 448 g/mol. The number of ether oxygens (including phenoxy) is 1. The molecule has 0 bridgehead atoms. The largest absolute Gasteiger partial charge is 0.463 e. The number of carbonyl (C=O) groups excluding carboxylic acids is 2. The Bertz CT molecular complexity index is 998. The Hall–Kier alpha value is -2.82. The van der Waals surface area contributed by atoms with E-state index in [4.69, 9.17) is 15.1 Å². The number of carbonyl (C=O) groups is 2. The zero-order chi connectivity index (χ0) is 24.2. The average molecular weight is 449 g/mol. The molecule has 1 aliphatic heterocycles. The maximum Gasteiger partial charge on any atom is 0.336 e. The summed E-state index contributed by atoms with van der Waals surface area (Å²) in [7, 11) is 0. The highest BCUT2D eigenvalue weighted by atomic mass is 16.5. The van der Waals surface area contributed by atoms with Gasteiger partial charge in [-0.3, -0.25) is 9.79 Å². The summed E-state index contributed by atoms with van der Waals surface area (Å²) in [5.41, 5.74) is 4.15. The van der Waals surface area contributed by atoms with E-state index in [1.54, 1.807) is 6.92 Å². The fourth-order valence-electron chi connectivity index (χ4n) is 5.05. The third kappa shape index (κ3) is 5.40. The van der Waals surface area contributed by atoms with E-state index in [1.165, 1.54) is 6.21 Å². The van der Waals surface area contributed by atoms with Crippen LogP contribution in [0.3, 0.4) is 0 Å². The van der Waals surface area contributed by atoms with Gasteiger partial charge in [0, 0.05) is 24.5 Å². The van der Waals surface area contributed by atoms with Crippen molar-refractivity contribution in [3.63, 3.8) is 0 Å². The summed E-state index contributed by atoms with van der Waals surface area (Å²) in [6, 6.07) is 8.24. The van der Waals surface area contributed by atoms with Crippen molar-refractivity contribution in [1.82, 2.24) is 0 Å². The van der Waals surface area contributed by atoms with E-state index in [-0.39, 0.29) is 35.6 Å². The number of hydrogen-bond acceptors (Lipinski definition) is 5. The number of ketones is 1. The molecule has 1 aliphatic carbocycles. The molecule has 0 radical (unpaired) electrons. The van der Waals surface area contributed by atoms with Crippen LogP contribution in [0.25, 0.3) is 0 Å². The second-order valence-electron chi connectivity index (χ2n) is 9.80. The average Bonchev–Trinajstić information content (AvgIpc) is 2.77. The topological polar surface area (TPSA) is 79.6 Å². The molecule has 0 amide bonds. The van der Waals surface area contributed by atoms with Crippen LogP contribution in [0, 0.1) is 16.7 Å². The number of fused-ring (bicyclic) bond motifs is 1. The fraction of sp³-hybridized carbons (Fsp3) is 0.500. The minimum Gasteiger partial charge on any atom is -0.463 e. The van der Waals surface area contributed by atoms with Gasteiger partial charge in [-0.2, -0.15) is 0 Å². The predicted octanol–water partition coefficient (Wildman–Crippen LogP) is 6.16. The molecule has 33 heavy (non-hydrogen) atoms. The van der Waals surface area contributed by atoms with Gasteiger partial charge in [0.05, 0.1) is 23.8 Å². The van der Waals surface area contributed by atoms with Gasteiger partial charge >= 0.3 is 5.97 Å². The molecule has 1 aromatic carbocycles. The highest BCUT2D eigenvalue weighted by Gasteiger charge is 2.47. The number of allylic oxidation sites excluding steroid dienone is 3. The molecule has 0 spiro atoms. The number of Topliss-reactive ketones (excluding diaryl/α,β-unsaturated/α-hetero) is 1. The van der Waals surface area contributed by atoms with Crippen LogP contribution in [0.2, 0.25) is 0 Å². The van der Waals surface area contributed by atoms with Gasteiger partial charge in [-0.05, 0) is 48.4 Å². The lowest BCUT2D eigenvalue weighted by Gasteiger charge is -2.41. The molecule has 1 fully saturated rings. The van der Waals surface area contributed by atoms with Gasteiger partial charge in [0.15, 0.2) is 0 Å². The summed E-state index contributed by atoms with van der Waals surface area (Å²) in [5.74, 6) is -0.784. The molecule has 3 rings (SSSR count). The van der Waals surface area contributed by atoms with Crippen LogP contribution in [0.1, 0.15) is 83.3 Å².